The normalized spacial score (nSPS) is 14.3. The number of imidazole rings is 1. The van der Waals surface area contributed by atoms with E-state index < -0.39 is 0 Å². The Bertz CT molecular complexity index is 622. The molecule has 0 aliphatic carbocycles. The standard InChI is InChI=1S/C14H15BrN2O2/c1-9-16-13(14(15)17(9)2)10-4-5-11-12(8-10)19-7-3-6-18-11/h4-5,8H,3,6-7H2,1-2H3. The molecule has 2 heterocycles. The highest BCUT2D eigenvalue weighted by atomic mass is 79.9. The van der Waals surface area contributed by atoms with Crippen LogP contribution in [0.3, 0.4) is 0 Å². The largest absolute Gasteiger partial charge is 0.490 e. The summed E-state index contributed by atoms with van der Waals surface area (Å²) in [5.74, 6) is 2.57. The second-order valence-corrected chi connectivity index (χ2v) is 5.32. The molecule has 1 aliphatic heterocycles. The van der Waals surface area contributed by atoms with Crippen LogP contribution in [0.5, 0.6) is 11.5 Å². The first-order valence-corrected chi connectivity index (χ1v) is 7.05. The second-order valence-electron chi connectivity index (χ2n) is 4.57. The number of halogens is 1. The van der Waals surface area contributed by atoms with Crippen molar-refractivity contribution >= 4 is 15.9 Å². The Hall–Kier alpha value is -1.49. The Balaban J connectivity index is 2.06. The molecule has 0 amide bonds. The zero-order chi connectivity index (χ0) is 13.4. The molecule has 1 aromatic carbocycles. The van der Waals surface area contributed by atoms with Gasteiger partial charge in [-0.3, -0.25) is 0 Å². The molecule has 5 heteroatoms. The number of aryl methyl sites for hydroxylation is 1. The van der Waals surface area contributed by atoms with Crippen molar-refractivity contribution in [2.75, 3.05) is 13.2 Å². The first-order valence-electron chi connectivity index (χ1n) is 6.25. The van der Waals surface area contributed by atoms with Gasteiger partial charge in [-0.1, -0.05) is 0 Å². The highest BCUT2D eigenvalue weighted by Crippen LogP contribution is 2.36. The zero-order valence-electron chi connectivity index (χ0n) is 10.9. The zero-order valence-corrected chi connectivity index (χ0v) is 12.5. The lowest BCUT2D eigenvalue weighted by Gasteiger charge is -2.08. The van der Waals surface area contributed by atoms with Gasteiger partial charge in [-0.05, 0) is 41.1 Å². The molecule has 19 heavy (non-hydrogen) atoms. The average molecular weight is 323 g/mol. The molecule has 1 aliphatic rings. The number of nitrogens with zero attached hydrogens (tertiary/aromatic N) is 2. The molecule has 3 rings (SSSR count). The minimum absolute atomic E-state index is 0.693. The van der Waals surface area contributed by atoms with Gasteiger partial charge in [-0.2, -0.15) is 0 Å². The van der Waals surface area contributed by atoms with Crippen molar-refractivity contribution in [1.29, 1.82) is 0 Å². The third-order valence-corrected chi connectivity index (χ3v) is 4.18. The number of hydrogen-bond donors (Lipinski definition) is 0. The molecule has 100 valence electrons. The third-order valence-electron chi connectivity index (χ3n) is 3.27. The lowest BCUT2D eigenvalue weighted by molar-refractivity contribution is 0.297. The van der Waals surface area contributed by atoms with E-state index in [1.54, 1.807) is 0 Å². The van der Waals surface area contributed by atoms with Gasteiger partial charge in [0.2, 0.25) is 0 Å². The van der Waals surface area contributed by atoms with Crippen LogP contribution >= 0.6 is 15.9 Å². The number of benzene rings is 1. The molecule has 0 saturated carbocycles. The molecule has 0 spiro atoms. The van der Waals surface area contributed by atoms with E-state index in [1.165, 1.54) is 0 Å². The van der Waals surface area contributed by atoms with Gasteiger partial charge >= 0.3 is 0 Å². The minimum atomic E-state index is 0.693. The lowest BCUT2D eigenvalue weighted by Crippen LogP contribution is -1.97. The highest BCUT2D eigenvalue weighted by Gasteiger charge is 2.16. The van der Waals surface area contributed by atoms with E-state index in [1.807, 2.05) is 36.7 Å². The summed E-state index contributed by atoms with van der Waals surface area (Å²) in [7, 11) is 1.99. The van der Waals surface area contributed by atoms with Crippen LogP contribution in [0.25, 0.3) is 11.3 Å². The van der Waals surface area contributed by atoms with E-state index in [2.05, 4.69) is 20.9 Å². The SMILES string of the molecule is Cc1nc(-c2ccc3c(c2)OCCCO3)c(Br)n1C. The van der Waals surface area contributed by atoms with E-state index in [0.717, 1.165) is 39.6 Å². The van der Waals surface area contributed by atoms with Crippen LogP contribution in [0.2, 0.25) is 0 Å². The fourth-order valence-corrected chi connectivity index (χ4v) is 2.65. The summed E-state index contributed by atoms with van der Waals surface area (Å²) in [4.78, 5) is 4.57. The Morgan fingerprint density at radius 2 is 1.95 bits per heavy atom. The predicted octanol–water partition coefficient (Wildman–Crippen LogP) is 3.32. The average Bonchev–Trinajstić information content (AvgIpc) is 2.63. The highest BCUT2D eigenvalue weighted by molar-refractivity contribution is 9.10. The fraction of sp³-hybridized carbons (Fsp3) is 0.357. The maximum Gasteiger partial charge on any atom is 0.161 e. The summed E-state index contributed by atoms with van der Waals surface area (Å²) in [5, 5.41) is 0. The Labute approximate surface area is 120 Å². The van der Waals surface area contributed by atoms with Crippen LogP contribution in [0.1, 0.15) is 12.2 Å². The van der Waals surface area contributed by atoms with Gasteiger partial charge in [0.05, 0.1) is 13.2 Å². The molecular weight excluding hydrogens is 308 g/mol. The molecular formula is C14H15BrN2O2. The van der Waals surface area contributed by atoms with Crippen molar-refractivity contribution < 1.29 is 9.47 Å². The lowest BCUT2D eigenvalue weighted by atomic mass is 10.1. The van der Waals surface area contributed by atoms with Gasteiger partial charge in [0, 0.05) is 19.0 Å². The van der Waals surface area contributed by atoms with E-state index in [9.17, 15) is 0 Å². The molecule has 2 aromatic rings. The Morgan fingerprint density at radius 3 is 2.63 bits per heavy atom. The first kappa shape index (κ1) is 12.5. The summed E-state index contributed by atoms with van der Waals surface area (Å²) in [5.41, 5.74) is 1.95. The van der Waals surface area contributed by atoms with Crippen LogP contribution in [0, 0.1) is 6.92 Å². The Kier molecular flexibility index (Phi) is 3.22. The monoisotopic (exact) mass is 322 g/mol. The quantitative estimate of drug-likeness (QED) is 0.808. The van der Waals surface area contributed by atoms with E-state index >= 15 is 0 Å². The Morgan fingerprint density at radius 1 is 1.21 bits per heavy atom. The number of hydrogen-bond acceptors (Lipinski definition) is 3. The van der Waals surface area contributed by atoms with Gasteiger partial charge < -0.3 is 14.0 Å². The fourth-order valence-electron chi connectivity index (χ4n) is 2.08. The number of ether oxygens (including phenoxy) is 2. The van der Waals surface area contributed by atoms with E-state index in [0.29, 0.717) is 13.2 Å². The number of aromatic nitrogens is 2. The molecule has 0 bridgehead atoms. The van der Waals surface area contributed by atoms with Crippen molar-refractivity contribution in [2.45, 2.75) is 13.3 Å². The van der Waals surface area contributed by atoms with Crippen LogP contribution in [-0.2, 0) is 7.05 Å². The first-order chi connectivity index (χ1) is 9.16. The number of rotatable bonds is 1. The molecule has 0 fully saturated rings. The third kappa shape index (κ3) is 2.23. The molecule has 0 saturated heterocycles. The van der Waals surface area contributed by atoms with Gasteiger partial charge in [0.15, 0.2) is 11.5 Å². The maximum atomic E-state index is 5.71. The van der Waals surface area contributed by atoms with Gasteiger partial charge in [0.25, 0.3) is 0 Å². The van der Waals surface area contributed by atoms with Crippen molar-refractivity contribution in [3.63, 3.8) is 0 Å². The minimum Gasteiger partial charge on any atom is -0.490 e. The van der Waals surface area contributed by atoms with Crippen LogP contribution in [0.15, 0.2) is 22.8 Å². The van der Waals surface area contributed by atoms with Crippen LogP contribution in [0.4, 0.5) is 0 Å². The summed E-state index contributed by atoms with van der Waals surface area (Å²) in [6.07, 6.45) is 0.913. The van der Waals surface area contributed by atoms with Crippen molar-refractivity contribution in [2.24, 2.45) is 7.05 Å². The molecule has 0 atom stereocenters. The van der Waals surface area contributed by atoms with Gasteiger partial charge in [-0.25, -0.2) is 4.98 Å². The smallest absolute Gasteiger partial charge is 0.161 e. The number of fused-ring (bicyclic) bond motifs is 1. The van der Waals surface area contributed by atoms with Crippen LogP contribution < -0.4 is 9.47 Å². The van der Waals surface area contributed by atoms with E-state index in [4.69, 9.17) is 9.47 Å². The summed E-state index contributed by atoms with van der Waals surface area (Å²) < 4.78 is 14.3. The molecule has 0 radical (unpaired) electrons. The van der Waals surface area contributed by atoms with Gasteiger partial charge in [-0.15, -0.1) is 0 Å². The topological polar surface area (TPSA) is 36.3 Å². The summed E-state index contributed by atoms with van der Waals surface area (Å²) >= 11 is 3.58. The molecule has 1 aromatic heterocycles. The van der Waals surface area contributed by atoms with Gasteiger partial charge in [0.1, 0.15) is 16.1 Å². The van der Waals surface area contributed by atoms with Crippen LogP contribution in [-0.4, -0.2) is 22.8 Å². The molecule has 0 unspecified atom stereocenters. The summed E-state index contributed by atoms with van der Waals surface area (Å²) in [6.45, 7) is 3.38. The second kappa shape index (κ2) is 4.89. The van der Waals surface area contributed by atoms with Crippen molar-refractivity contribution in [3.05, 3.63) is 28.6 Å². The maximum absolute atomic E-state index is 5.71. The summed E-state index contributed by atoms with van der Waals surface area (Å²) in [6, 6.07) is 5.96. The van der Waals surface area contributed by atoms with Crippen molar-refractivity contribution in [1.82, 2.24) is 9.55 Å². The van der Waals surface area contributed by atoms with Crippen molar-refractivity contribution in [3.8, 4) is 22.8 Å². The molecule has 0 N–H and O–H groups in total. The van der Waals surface area contributed by atoms with E-state index in [-0.39, 0.29) is 0 Å². The molecule has 4 nitrogen and oxygen atoms in total. The predicted molar refractivity (Wildman–Crippen MR) is 76.7 cm³/mol.